The van der Waals surface area contributed by atoms with E-state index in [2.05, 4.69) is 10.6 Å². The number of carbonyl (C=O) groups excluding carboxylic acids is 1. The highest BCUT2D eigenvalue weighted by atomic mass is 32.1. The summed E-state index contributed by atoms with van der Waals surface area (Å²) in [6, 6.07) is 13.1. The molecule has 0 fully saturated rings. The molecule has 2 rings (SSSR count). The summed E-state index contributed by atoms with van der Waals surface area (Å²) in [5.74, 6) is 0.301. The Morgan fingerprint density at radius 1 is 1.21 bits per heavy atom. The van der Waals surface area contributed by atoms with E-state index in [-0.39, 0.29) is 6.61 Å². The van der Waals surface area contributed by atoms with Gasteiger partial charge in [-0.05, 0) is 38.1 Å². The van der Waals surface area contributed by atoms with E-state index in [1.807, 2.05) is 42.5 Å². The fraction of sp³-hybridized carbons (Fsp3) is 0.222. The Balaban J connectivity index is 2.17. The quantitative estimate of drug-likeness (QED) is 0.454. The number of anilines is 1. The standard InChI is InChI=1S/C18H20N2O3S/c1-3-22-18(21)16(13(2)19-12-15-10-7-11-23-15)17(24)20-14-8-5-4-6-9-14/h4-11,19H,3,12H2,1-2H3,(H,20,24). The summed E-state index contributed by atoms with van der Waals surface area (Å²) in [6.07, 6.45) is 1.60. The zero-order valence-corrected chi connectivity index (χ0v) is 14.5. The van der Waals surface area contributed by atoms with Crippen LogP contribution in [0.25, 0.3) is 0 Å². The van der Waals surface area contributed by atoms with Gasteiger partial charge in [0.15, 0.2) is 0 Å². The van der Waals surface area contributed by atoms with Crippen LogP contribution < -0.4 is 10.6 Å². The molecule has 0 unspecified atom stereocenters. The number of ether oxygens (including phenoxy) is 1. The fourth-order valence-electron chi connectivity index (χ4n) is 2.06. The van der Waals surface area contributed by atoms with Crippen molar-refractivity contribution in [1.29, 1.82) is 0 Å². The van der Waals surface area contributed by atoms with Crippen LogP contribution in [0, 0.1) is 0 Å². The van der Waals surface area contributed by atoms with Gasteiger partial charge in [0.2, 0.25) is 0 Å². The summed E-state index contributed by atoms with van der Waals surface area (Å²) in [6.45, 7) is 4.28. The minimum atomic E-state index is -0.463. The zero-order valence-electron chi connectivity index (χ0n) is 13.7. The first-order valence-corrected chi connectivity index (χ1v) is 8.03. The van der Waals surface area contributed by atoms with Crippen LogP contribution in [-0.2, 0) is 16.1 Å². The average Bonchev–Trinajstić information content (AvgIpc) is 3.08. The topological polar surface area (TPSA) is 63.5 Å². The summed E-state index contributed by atoms with van der Waals surface area (Å²) in [5.41, 5.74) is 1.74. The van der Waals surface area contributed by atoms with Gasteiger partial charge in [0, 0.05) is 11.4 Å². The van der Waals surface area contributed by atoms with Crippen molar-refractivity contribution < 1.29 is 13.9 Å². The fourth-order valence-corrected chi connectivity index (χ4v) is 2.41. The van der Waals surface area contributed by atoms with E-state index in [9.17, 15) is 4.79 Å². The van der Waals surface area contributed by atoms with Crippen molar-refractivity contribution in [3.63, 3.8) is 0 Å². The van der Waals surface area contributed by atoms with Crippen molar-refractivity contribution >= 4 is 28.9 Å². The first-order valence-electron chi connectivity index (χ1n) is 7.62. The smallest absolute Gasteiger partial charge is 0.342 e. The van der Waals surface area contributed by atoms with Crippen molar-refractivity contribution in [2.45, 2.75) is 20.4 Å². The molecule has 0 amide bonds. The minimum Gasteiger partial charge on any atom is -0.467 e. The molecule has 24 heavy (non-hydrogen) atoms. The third-order valence-corrected chi connectivity index (χ3v) is 3.53. The number of nitrogens with one attached hydrogen (secondary N) is 2. The van der Waals surface area contributed by atoms with Crippen molar-refractivity contribution in [1.82, 2.24) is 5.32 Å². The molecule has 0 saturated carbocycles. The van der Waals surface area contributed by atoms with Crippen molar-refractivity contribution in [3.05, 3.63) is 65.8 Å². The third kappa shape index (κ3) is 4.96. The second kappa shape index (κ2) is 8.88. The van der Waals surface area contributed by atoms with Crippen LogP contribution in [0.2, 0.25) is 0 Å². The van der Waals surface area contributed by atoms with Crippen LogP contribution in [0.4, 0.5) is 5.69 Å². The number of allylic oxidation sites excluding steroid dienone is 1. The van der Waals surface area contributed by atoms with Gasteiger partial charge in [0.05, 0.1) is 19.4 Å². The Labute approximate surface area is 146 Å². The Bertz CT molecular complexity index is 709. The molecule has 126 valence electrons. The average molecular weight is 344 g/mol. The van der Waals surface area contributed by atoms with E-state index >= 15 is 0 Å². The summed E-state index contributed by atoms with van der Waals surface area (Å²) >= 11 is 5.41. The normalized spacial score (nSPS) is 11.4. The van der Waals surface area contributed by atoms with Gasteiger partial charge in [-0.25, -0.2) is 4.79 Å². The number of thiocarbonyl (C=S) groups is 1. The van der Waals surface area contributed by atoms with Gasteiger partial charge < -0.3 is 19.8 Å². The van der Waals surface area contributed by atoms with Crippen molar-refractivity contribution in [3.8, 4) is 0 Å². The van der Waals surface area contributed by atoms with Gasteiger partial charge in [0.25, 0.3) is 0 Å². The van der Waals surface area contributed by atoms with E-state index in [1.165, 1.54) is 0 Å². The van der Waals surface area contributed by atoms with Crippen LogP contribution in [-0.4, -0.2) is 17.6 Å². The van der Waals surface area contributed by atoms with E-state index in [4.69, 9.17) is 21.4 Å². The molecule has 0 aliphatic rings. The predicted octanol–water partition coefficient (Wildman–Crippen LogP) is 3.65. The van der Waals surface area contributed by atoms with Crippen molar-refractivity contribution in [2.75, 3.05) is 11.9 Å². The molecule has 1 heterocycles. The number of esters is 1. The van der Waals surface area contributed by atoms with E-state index in [0.29, 0.717) is 22.8 Å². The van der Waals surface area contributed by atoms with Crippen LogP contribution in [0.5, 0.6) is 0 Å². The Morgan fingerprint density at radius 2 is 1.96 bits per heavy atom. The van der Waals surface area contributed by atoms with Gasteiger partial charge in [0.1, 0.15) is 16.3 Å². The molecule has 6 heteroatoms. The number of para-hydroxylation sites is 1. The van der Waals surface area contributed by atoms with E-state index in [0.717, 1.165) is 11.4 Å². The van der Waals surface area contributed by atoms with E-state index in [1.54, 1.807) is 20.1 Å². The van der Waals surface area contributed by atoms with Crippen LogP contribution in [0.3, 0.4) is 0 Å². The number of hydrogen-bond donors (Lipinski definition) is 2. The summed E-state index contributed by atoms with van der Waals surface area (Å²) in [5, 5.41) is 6.21. The first kappa shape index (κ1) is 17.7. The molecule has 0 radical (unpaired) electrons. The zero-order chi connectivity index (χ0) is 17.4. The molecule has 2 aromatic rings. The lowest BCUT2D eigenvalue weighted by atomic mass is 10.2. The minimum absolute atomic E-state index is 0.280. The van der Waals surface area contributed by atoms with Gasteiger partial charge in [-0.15, -0.1) is 0 Å². The van der Waals surface area contributed by atoms with Gasteiger partial charge in [-0.1, -0.05) is 30.4 Å². The number of hydrogen-bond acceptors (Lipinski definition) is 5. The highest BCUT2D eigenvalue weighted by Crippen LogP contribution is 2.13. The van der Waals surface area contributed by atoms with Gasteiger partial charge in [-0.2, -0.15) is 0 Å². The second-order valence-electron chi connectivity index (χ2n) is 4.97. The molecule has 0 aliphatic carbocycles. The molecule has 0 spiro atoms. The summed E-state index contributed by atoms with van der Waals surface area (Å²) in [4.78, 5) is 12.6. The van der Waals surface area contributed by atoms with Crippen LogP contribution in [0.15, 0.2) is 64.4 Å². The predicted molar refractivity (Wildman–Crippen MR) is 97.5 cm³/mol. The lowest BCUT2D eigenvalue weighted by Gasteiger charge is -2.15. The Morgan fingerprint density at radius 3 is 2.58 bits per heavy atom. The SMILES string of the molecule is CCOC(=O)C(C(=S)Nc1ccccc1)=C(C)NCc1ccco1. The maximum atomic E-state index is 12.3. The molecular formula is C18H20N2O3S. The molecule has 0 atom stereocenters. The summed E-state index contributed by atoms with van der Waals surface area (Å²) < 4.78 is 10.4. The van der Waals surface area contributed by atoms with E-state index < -0.39 is 5.97 Å². The number of benzene rings is 1. The van der Waals surface area contributed by atoms with Crippen molar-refractivity contribution in [2.24, 2.45) is 0 Å². The largest absolute Gasteiger partial charge is 0.467 e. The maximum Gasteiger partial charge on any atom is 0.342 e. The summed E-state index contributed by atoms with van der Waals surface area (Å²) in [7, 11) is 0. The number of rotatable bonds is 7. The van der Waals surface area contributed by atoms with Gasteiger partial charge >= 0.3 is 5.97 Å². The number of carbonyl (C=O) groups is 1. The molecule has 1 aromatic heterocycles. The molecule has 0 aliphatic heterocycles. The molecule has 1 aromatic carbocycles. The van der Waals surface area contributed by atoms with Crippen LogP contribution >= 0.6 is 12.2 Å². The lowest BCUT2D eigenvalue weighted by molar-refractivity contribution is -0.137. The lowest BCUT2D eigenvalue weighted by Crippen LogP contribution is -2.26. The molecular weight excluding hydrogens is 324 g/mol. The Kier molecular flexibility index (Phi) is 6.57. The molecule has 0 bridgehead atoms. The first-order chi connectivity index (χ1) is 11.6. The maximum absolute atomic E-state index is 12.3. The monoisotopic (exact) mass is 344 g/mol. The highest BCUT2D eigenvalue weighted by molar-refractivity contribution is 7.81. The van der Waals surface area contributed by atoms with Gasteiger partial charge in [-0.3, -0.25) is 0 Å². The molecule has 2 N–H and O–H groups in total. The number of furan rings is 1. The Hall–Kier alpha value is -2.60. The third-order valence-electron chi connectivity index (χ3n) is 3.22. The highest BCUT2D eigenvalue weighted by Gasteiger charge is 2.20. The van der Waals surface area contributed by atoms with Crippen LogP contribution in [0.1, 0.15) is 19.6 Å². The molecule has 0 saturated heterocycles. The molecule has 5 nitrogen and oxygen atoms in total. The second-order valence-corrected chi connectivity index (χ2v) is 5.38.